The fraction of sp³-hybridized carbons (Fsp3) is 0.308. The molecule has 7 nitrogen and oxygen atoms in total. The number of hydrogen-bond donors (Lipinski definition) is 2. The lowest BCUT2D eigenvalue weighted by Crippen LogP contribution is -2.40. The lowest BCUT2D eigenvalue weighted by atomic mass is 10.3. The predicted octanol–water partition coefficient (Wildman–Crippen LogP) is 1.76. The molecule has 0 aliphatic heterocycles. The van der Waals surface area contributed by atoms with Gasteiger partial charge in [0.25, 0.3) is 5.91 Å². The van der Waals surface area contributed by atoms with Crippen LogP contribution in [0.4, 0.5) is 4.79 Å². The van der Waals surface area contributed by atoms with Gasteiger partial charge in [0.05, 0.1) is 5.02 Å². The summed E-state index contributed by atoms with van der Waals surface area (Å²) in [6.45, 7) is 0.832. The van der Waals surface area contributed by atoms with Crippen LogP contribution in [0.15, 0.2) is 18.2 Å². The molecular formula is C13H14Cl2N2O5. The standard InChI is InChI=1S/C13H14Cl2N2O5/c1-7(22-10-4-3-8(14)5-9(10)15)12(19)21-6-11(18)17-13(20)16-2/h3-5,7H,6H2,1-2H3,(H2,16,17,18,20)/t7-/m0/s1. The summed E-state index contributed by atoms with van der Waals surface area (Å²) < 4.78 is 10.0. The molecule has 9 heteroatoms. The minimum atomic E-state index is -0.994. The first-order valence-corrected chi connectivity index (χ1v) is 6.89. The molecule has 22 heavy (non-hydrogen) atoms. The van der Waals surface area contributed by atoms with Gasteiger partial charge in [-0.1, -0.05) is 23.2 Å². The molecule has 0 heterocycles. The summed E-state index contributed by atoms with van der Waals surface area (Å²) in [5.74, 6) is -1.28. The number of carbonyl (C=O) groups excluding carboxylic acids is 3. The number of carbonyl (C=O) groups is 3. The quantitative estimate of drug-likeness (QED) is 0.790. The zero-order valence-electron chi connectivity index (χ0n) is 11.8. The van der Waals surface area contributed by atoms with Gasteiger partial charge in [0, 0.05) is 12.1 Å². The van der Waals surface area contributed by atoms with Crippen LogP contribution in [0, 0.1) is 0 Å². The third kappa shape index (κ3) is 5.79. The fourth-order valence-electron chi connectivity index (χ4n) is 1.29. The van der Waals surface area contributed by atoms with Gasteiger partial charge in [-0.3, -0.25) is 10.1 Å². The van der Waals surface area contributed by atoms with Crippen molar-refractivity contribution < 1.29 is 23.9 Å². The highest BCUT2D eigenvalue weighted by Gasteiger charge is 2.19. The van der Waals surface area contributed by atoms with Crippen molar-refractivity contribution >= 4 is 41.1 Å². The summed E-state index contributed by atoms with van der Waals surface area (Å²) in [6.07, 6.45) is -0.994. The molecule has 0 aliphatic rings. The molecule has 120 valence electrons. The Kier molecular flexibility index (Phi) is 6.94. The van der Waals surface area contributed by atoms with Gasteiger partial charge in [-0.05, 0) is 25.1 Å². The first-order valence-electron chi connectivity index (χ1n) is 6.13. The molecule has 0 aromatic heterocycles. The van der Waals surface area contributed by atoms with E-state index >= 15 is 0 Å². The first-order chi connectivity index (χ1) is 10.3. The molecule has 0 radical (unpaired) electrons. The Bertz CT molecular complexity index is 580. The normalized spacial score (nSPS) is 11.3. The zero-order valence-corrected chi connectivity index (χ0v) is 13.3. The van der Waals surface area contributed by atoms with E-state index in [1.165, 1.54) is 26.1 Å². The zero-order chi connectivity index (χ0) is 16.7. The summed E-state index contributed by atoms with van der Waals surface area (Å²) in [5.41, 5.74) is 0. The van der Waals surface area contributed by atoms with Crippen LogP contribution in [0.3, 0.4) is 0 Å². The van der Waals surface area contributed by atoms with E-state index in [0.29, 0.717) is 5.02 Å². The monoisotopic (exact) mass is 348 g/mol. The van der Waals surface area contributed by atoms with Crippen molar-refractivity contribution in [3.05, 3.63) is 28.2 Å². The number of amides is 3. The summed E-state index contributed by atoms with van der Waals surface area (Å²) in [7, 11) is 1.35. The first kappa shape index (κ1) is 18.1. The molecule has 1 atom stereocenters. The van der Waals surface area contributed by atoms with Crippen LogP contribution >= 0.6 is 23.2 Å². The largest absolute Gasteiger partial charge is 0.477 e. The van der Waals surface area contributed by atoms with Crippen molar-refractivity contribution in [2.75, 3.05) is 13.7 Å². The van der Waals surface area contributed by atoms with Gasteiger partial charge in [-0.25, -0.2) is 9.59 Å². The number of esters is 1. The average Bonchev–Trinajstić information content (AvgIpc) is 2.47. The Morgan fingerprint density at radius 3 is 2.55 bits per heavy atom. The van der Waals surface area contributed by atoms with Crippen molar-refractivity contribution in [3.8, 4) is 5.75 Å². The van der Waals surface area contributed by atoms with Gasteiger partial charge in [0.1, 0.15) is 5.75 Å². The molecule has 0 unspecified atom stereocenters. The average molecular weight is 349 g/mol. The van der Waals surface area contributed by atoms with Gasteiger partial charge in [-0.2, -0.15) is 0 Å². The van der Waals surface area contributed by atoms with Crippen LogP contribution in [-0.2, 0) is 14.3 Å². The highest BCUT2D eigenvalue weighted by atomic mass is 35.5. The maximum atomic E-state index is 11.7. The number of benzene rings is 1. The van der Waals surface area contributed by atoms with Crippen LogP contribution in [0.1, 0.15) is 6.92 Å². The molecule has 2 N–H and O–H groups in total. The second-order valence-corrected chi connectivity index (χ2v) is 4.91. The smallest absolute Gasteiger partial charge is 0.347 e. The maximum absolute atomic E-state index is 11.7. The van der Waals surface area contributed by atoms with E-state index in [9.17, 15) is 14.4 Å². The molecule has 0 bridgehead atoms. The molecule has 0 spiro atoms. The number of halogens is 2. The van der Waals surface area contributed by atoms with E-state index in [1.54, 1.807) is 6.07 Å². The van der Waals surface area contributed by atoms with E-state index in [2.05, 4.69) is 5.32 Å². The van der Waals surface area contributed by atoms with Crippen molar-refractivity contribution in [3.63, 3.8) is 0 Å². The molecular weight excluding hydrogens is 335 g/mol. The number of rotatable bonds is 5. The Hall–Kier alpha value is -1.99. The van der Waals surface area contributed by atoms with Gasteiger partial charge in [0.2, 0.25) is 0 Å². The van der Waals surface area contributed by atoms with Crippen LogP contribution in [0.25, 0.3) is 0 Å². The highest BCUT2D eigenvalue weighted by Crippen LogP contribution is 2.28. The van der Waals surface area contributed by atoms with Crippen molar-refractivity contribution in [1.29, 1.82) is 0 Å². The highest BCUT2D eigenvalue weighted by molar-refractivity contribution is 6.35. The molecule has 0 aliphatic carbocycles. The summed E-state index contributed by atoms with van der Waals surface area (Å²) >= 11 is 11.7. The molecule has 0 fully saturated rings. The Morgan fingerprint density at radius 2 is 1.95 bits per heavy atom. The predicted molar refractivity (Wildman–Crippen MR) is 80.1 cm³/mol. The van der Waals surface area contributed by atoms with Crippen LogP contribution in [0.5, 0.6) is 5.75 Å². The number of hydrogen-bond acceptors (Lipinski definition) is 5. The molecule has 3 amide bonds. The van der Waals surface area contributed by atoms with Crippen LogP contribution in [-0.4, -0.2) is 37.7 Å². The Labute approximate surface area is 136 Å². The fourth-order valence-corrected chi connectivity index (χ4v) is 1.74. The number of ether oxygens (including phenoxy) is 2. The number of urea groups is 1. The van der Waals surface area contributed by atoms with Gasteiger partial charge in [-0.15, -0.1) is 0 Å². The van der Waals surface area contributed by atoms with Gasteiger partial charge in [0.15, 0.2) is 12.7 Å². The molecule has 1 rings (SSSR count). The van der Waals surface area contributed by atoms with E-state index in [4.69, 9.17) is 32.7 Å². The second-order valence-electron chi connectivity index (χ2n) is 4.07. The summed E-state index contributed by atoms with van der Waals surface area (Å²) in [4.78, 5) is 33.8. The van der Waals surface area contributed by atoms with E-state index in [1.807, 2.05) is 5.32 Å². The minimum Gasteiger partial charge on any atom is -0.477 e. The van der Waals surface area contributed by atoms with Crippen LogP contribution in [0.2, 0.25) is 10.0 Å². The summed E-state index contributed by atoms with van der Waals surface area (Å²) in [5, 5.41) is 4.80. The third-order valence-electron chi connectivity index (χ3n) is 2.36. The third-order valence-corrected chi connectivity index (χ3v) is 2.89. The Morgan fingerprint density at radius 1 is 1.27 bits per heavy atom. The Balaban J connectivity index is 2.48. The SMILES string of the molecule is CNC(=O)NC(=O)COC(=O)[C@H](C)Oc1ccc(Cl)cc1Cl. The number of nitrogens with one attached hydrogen (secondary N) is 2. The van der Waals surface area contributed by atoms with Gasteiger partial charge >= 0.3 is 12.0 Å². The van der Waals surface area contributed by atoms with E-state index in [-0.39, 0.29) is 10.8 Å². The summed E-state index contributed by atoms with van der Waals surface area (Å²) in [6, 6.07) is 3.83. The van der Waals surface area contributed by atoms with Crippen molar-refractivity contribution in [2.45, 2.75) is 13.0 Å². The molecule has 1 aromatic rings. The van der Waals surface area contributed by atoms with E-state index < -0.39 is 30.6 Å². The lowest BCUT2D eigenvalue weighted by Gasteiger charge is -2.14. The van der Waals surface area contributed by atoms with E-state index in [0.717, 1.165) is 0 Å². The van der Waals surface area contributed by atoms with Gasteiger partial charge < -0.3 is 14.8 Å². The van der Waals surface area contributed by atoms with Crippen LogP contribution < -0.4 is 15.4 Å². The number of imide groups is 1. The van der Waals surface area contributed by atoms with Crippen molar-refractivity contribution in [1.82, 2.24) is 10.6 Å². The topological polar surface area (TPSA) is 93.7 Å². The maximum Gasteiger partial charge on any atom is 0.347 e. The molecule has 0 saturated heterocycles. The van der Waals surface area contributed by atoms with Crippen molar-refractivity contribution in [2.24, 2.45) is 0 Å². The molecule has 0 saturated carbocycles. The second kappa shape index (κ2) is 8.45. The molecule has 1 aromatic carbocycles. The minimum absolute atomic E-state index is 0.240. The lowest BCUT2D eigenvalue weighted by molar-refractivity contribution is -0.154.